The second kappa shape index (κ2) is 6.54. The first kappa shape index (κ1) is 15.6. The van der Waals surface area contributed by atoms with Gasteiger partial charge in [0.1, 0.15) is 11.3 Å². The summed E-state index contributed by atoms with van der Waals surface area (Å²) in [5, 5.41) is 11.9. The number of aromatic hydroxyl groups is 1. The zero-order valence-electron chi connectivity index (χ0n) is 13.3. The molecule has 0 aliphatic carbocycles. The molecule has 122 valence electrons. The lowest BCUT2D eigenvalue weighted by Crippen LogP contribution is -2.27. The van der Waals surface area contributed by atoms with E-state index in [0.717, 1.165) is 28.5 Å². The van der Waals surface area contributed by atoms with Gasteiger partial charge >= 0.3 is 0 Å². The second-order valence-corrected chi connectivity index (χ2v) is 7.10. The molecule has 0 spiro atoms. The Morgan fingerprint density at radius 3 is 2.54 bits per heavy atom. The maximum Gasteiger partial charge on any atom is 0.146 e. The zero-order valence-corrected chi connectivity index (χ0v) is 14.9. The molecular formula is C20H19BrN2O. The molecule has 1 atom stereocenters. The lowest BCUT2D eigenvalue weighted by atomic mass is 9.95. The van der Waals surface area contributed by atoms with Crippen LogP contribution in [-0.2, 0) is 0 Å². The van der Waals surface area contributed by atoms with Gasteiger partial charge in [-0.15, -0.1) is 0 Å². The molecule has 3 nitrogen and oxygen atoms in total. The Labute approximate surface area is 150 Å². The Morgan fingerprint density at radius 2 is 1.75 bits per heavy atom. The van der Waals surface area contributed by atoms with Gasteiger partial charge in [-0.2, -0.15) is 0 Å². The summed E-state index contributed by atoms with van der Waals surface area (Å²) in [4.78, 5) is 6.83. The highest BCUT2D eigenvalue weighted by molar-refractivity contribution is 9.10. The molecule has 1 aliphatic rings. The van der Waals surface area contributed by atoms with E-state index in [2.05, 4.69) is 50.1 Å². The van der Waals surface area contributed by atoms with Crippen LogP contribution in [0, 0.1) is 0 Å². The summed E-state index contributed by atoms with van der Waals surface area (Å²) >= 11 is 3.69. The Bertz CT molecular complexity index is 874. The number of hydrogen-bond donors (Lipinski definition) is 1. The summed E-state index contributed by atoms with van der Waals surface area (Å²) in [7, 11) is 0. The molecule has 2 heterocycles. The van der Waals surface area contributed by atoms with Crippen LogP contribution >= 0.6 is 15.9 Å². The zero-order chi connectivity index (χ0) is 16.5. The highest BCUT2D eigenvalue weighted by Crippen LogP contribution is 2.41. The number of likely N-dealkylation sites (tertiary alicyclic amines) is 1. The maximum atomic E-state index is 10.9. The summed E-state index contributed by atoms with van der Waals surface area (Å²) in [5.74, 6) is 0.292. The van der Waals surface area contributed by atoms with E-state index in [0.29, 0.717) is 11.3 Å². The number of phenolic OH excluding ortho intramolecular Hbond substituents is 1. The molecule has 1 unspecified atom stereocenters. The van der Waals surface area contributed by atoms with Gasteiger partial charge in [0.2, 0.25) is 0 Å². The van der Waals surface area contributed by atoms with Crippen molar-refractivity contribution in [3.63, 3.8) is 0 Å². The van der Waals surface area contributed by atoms with Gasteiger partial charge in [-0.3, -0.25) is 9.88 Å². The van der Waals surface area contributed by atoms with Crippen LogP contribution in [-0.4, -0.2) is 28.1 Å². The highest BCUT2D eigenvalue weighted by atomic mass is 79.9. The quantitative estimate of drug-likeness (QED) is 0.700. The Kier molecular flexibility index (Phi) is 4.25. The van der Waals surface area contributed by atoms with Crippen molar-refractivity contribution in [1.82, 2.24) is 9.88 Å². The van der Waals surface area contributed by atoms with E-state index in [1.54, 1.807) is 6.20 Å². The summed E-state index contributed by atoms with van der Waals surface area (Å²) in [5.41, 5.74) is 2.78. The van der Waals surface area contributed by atoms with E-state index in [1.807, 2.05) is 24.3 Å². The van der Waals surface area contributed by atoms with Crippen molar-refractivity contribution < 1.29 is 5.11 Å². The van der Waals surface area contributed by atoms with Gasteiger partial charge in [-0.1, -0.05) is 52.3 Å². The molecule has 0 amide bonds. The predicted octanol–water partition coefficient (Wildman–Crippen LogP) is 4.89. The van der Waals surface area contributed by atoms with E-state index in [-0.39, 0.29) is 6.04 Å². The SMILES string of the molecule is Oc1c(C(c2ccccc2Br)N2CCCC2)ccc2cccnc12. The first-order valence-electron chi connectivity index (χ1n) is 8.31. The van der Waals surface area contributed by atoms with E-state index < -0.39 is 0 Å². The molecule has 0 radical (unpaired) electrons. The number of nitrogens with zero attached hydrogens (tertiary/aromatic N) is 2. The van der Waals surface area contributed by atoms with E-state index >= 15 is 0 Å². The third-order valence-corrected chi connectivity index (χ3v) is 5.50. The monoisotopic (exact) mass is 382 g/mol. The largest absolute Gasteiger partial charge is 0.505 e. The highest BCUT2D eigenvalue weighted by Gasteiger charge is 2.29. The normalized spacial score (nSPS) is 16.5. The fraction of sp³-hybridized carbons (Fsp3) is 0.250. The minimum absolute atomic E-state index is 0.0366. The molecule has 1 aliphatic heterocycles. The maximum absolute atomic E-state index is 10.9. The molecule has 0 saturated carbocycles. The molecule has 24 heavy (non-hydrogen) atoms. The van der Waals surface area contributed by atoms with Crippen LogP contribution in [0.1, 0.15) is 30.0 Å². The third-order valence-electron chi connectivity index (χ3n) is 4.78. The number of fused-ring (bicyclic) bond motifs is 1. The van der Waals surface area contributed by atoms with Crippen molar-refractivity contribution in [2.45, 2.75) is 18.9 Å². The summed E-state index contributed by atoms with van der Waals surface area (Å²) in [6.07, 6.45) is 4.14. The predicted molar refractivity (Wildman–Crippen MR) is 100 cm³/mol. The lowest BCUT2D eigenvalue weighted by molar-refractivity contribution is 0.275. The van der Waals surface area contributed by atoms with Crippen molar-refractivity contribution >= 4 is 26.8 Å². The van der Waals surface area contributed by atoms with Crippen LogP contribution in [0.5, 0.6) is 5.75 Å². The van der Waals surface area contributed by atoms with Crippen LogP contribution in [0.25, 0.3) is 10.9 Å². The molecule has 2 aromatic carbocycles. The minimum atomic E-state index is 0.0366. The lowest BCUT2D eigenvalue weighted by Gasteiger charge is -2.30. The van der Waals surface area contributed by atoms with Crippen molar-refractivity contribution in [2.75, 3.05) is 13.1 Å². The van der Waals surface area contributed by atoms with Crippen LogP contribution in [0.3, 0.4) is 0 Å². The fourth-order valence-corrected chi connectivity index (χ4v) is 4.13. The number of benzene rings is 2. The van der Waals surface area contributed by atoms with Crippen LogP contribution in [0.2, 0.25) is 0 Å². The van der Waals surface area contributed by atoms with Crippen LogP contribution in [0.15, 0.2) is 59.2 Å². The Hall–Kier alpha value is -1.91. The van der Waals surface area contributed by atoms with Gasteiger partial charge in [0, 0.05) is 21.6 Å². The number of hydrogen-bond acceptors (Lipinski definition) is 3. The number of halogens is 1. The van der Waals surface area contributed by atoms with E-state index in [4.69, 9.17) is 0 Å². The van der Waals surface area contributed by atoms with Crippen molar-refractivity contribution in [2.24, 2.45) is 0 Å². The Balaban J connectivity index is 1.91. The average molecular weight is 383 g/mol. The standard InChI is InChI=1S/C20H19BrN2O/c21-17-8-2-1-7-15(17)19(23-12-3-4-13-23)16-10-9-14-6-5-11-22-18(14)20(16)24/h1-2,5-11,19,24H,3-4,12-13H2. The number of phenols is 1. The molecule has 1 fully saturated rings. The fourth-order valence-electron chi connectivity index (χ4n) is 3.62. The van der Waals surface area contributed by atoms with Gasteiger partial charge in [0.05, 0.1) is 6.04 Å². The molecular weight excluding hydrogens is 364 g/mol. The molecule has 4 heteroatoms. The van der Waals surface area contributed by atoms with Gasteiger partial charge in [-0.25, -0.2) is 0 Å². The molecule has 1 aromatic heterocycles. The molecule has 0 bridgehead atoms. The average Bonchev–Trinajstić information content (AvgIpc) is 3.13. The van der Waals surface area contributed by atoms with Crippen LogP contribution < -0.4 is 0 Å². The molecule has 1 N–H and O–H groups in total. The Morgan fingerprint density at radius 1 is 0.958 bits per heavy atom. The molecule has 3 aromatic rings. The van der Waals surface area contributed by atoms with Crippen LogP contribution in [0.4, 0.5) is 0 Å². The molecule has 1 saturated heterocycles. The topological polar surface area (TPSA) is 36.4 Å². The van der Waals surface area contributed by atoms with Gasteiger partial charge < -0.3 is 5.11 Å². The van der Waals surface area contributed by atoms with Crippen molar-refractivity contribution in [1.29, 1.82) is 0 Å². The van der Waals surface area contributed by atoms with Gasteiger partial charge in [0.15, 0.2) is 0 Å². The van der Waals surface area contributed by atoms with Crippen molar-refractivity contribution in [3.05, 3.63) is 70.3 Å². The minimum Gasteiger partial charge on any atom is -0.505 e. The van der Waals surface area contributed by atoms with Gasteiger partial charge in [0.25, 0.3) is 0 Å². The first-order chi connectivity index (χ1) is 11.8. The molecule has 4 rings (SSSR count). The number of aromatic nitrogens is 1. The van der Waals surface area contributed by atoms with Crippen molar-refractivity contribution in [3.8, 4) is 5.75 Å². The van der Waals surface area contributed by atoms with Gasteiger partial charge in [-0.05, 0) is 43.6 Å². The summed E-state index contributed by atoms with van der Waals surface area (Å²) in [6.45, 7) is 2.09. The second-order valence-electron chi connectivity index (χ2n) is 6.25. The number of rotatable bonds is 3. The smallest absolute Gasteiger partial charge is 0.146 e. The van der Waals surface area contributed by atoms with E-state index in [1.165, 1.54) is 18.4 Å². The van der Waals surface area contributed by atoms with E-state index in [9.17, 15) is 5.11 Å². The summed E-state index contributed by atoms with van der Waals surface area (Å²) < 4.78 is 1.07. The summed E-state index contributed by atoms with van der Waals surface area (Å²) in [6, 6.07) is 16.3. The third kappa shape index (κ3) is 2.70. The first-order valence-corrected chi connectivity index (χ1v) is 9.10. The number of pyridine rings is 1.